The minimum absolute atomic E-state index is 0.122. The van der Waals surface area contributed by atoms with Crippen LogP contribution >= 0.6 is 22.9 Å². The molecular weight excluding hydrogens is 320 g/mol. The molecule has 0 aliphatic carbocycles. The van der Waals surface area contributed by atoms with Gasteiger partial charge in [-0.25, -0.2) is 4.98 Å². The Labute approximate surface area is 139 Å². The Balaban J connectivity index is 1.92. The number of carbonyl (C=O) groups is 1. The average Bonchev–Trinajstić information content (AvgIpc) is 2.93. The third-order valence-electron chi connectivity index (χ3n) is 3.32. The van der Waals surface area contributed by atoms with Crippen LogP contribution in [-0.2, 0) is 23.2 Å². The summed E-state index contributed by atoms with van der Waals surface area (Å²) in [4.78, 5) is 16.3. The highest BCUT2D eigenvalue weighted by Gasteiger charge is 2.24. The number of hydrogen-bond acceptors (Lipinski definition) is 4. The predicted molar refractivity (Wildman–Crippen MR) is 89.2 cm³/mol. The minimum atomic E-state index is -1.17. The van der Waals surface area contributed by atoms with Gasteiger partial charge in [0.1, 0.15) is 5.60 Å². The monoisotopic (exact) mass is 338 g/mol. The van der Waals surface area contributed by atoms with Crippen molar-refractivity contribution in [3.8, 4) is 0 Å². The van der Waals surface area contributed by atoms with Gasteiger partial charge >= 0.3 is 0 Å². The van der Waals surface area contributed by atoms with Gasteiger partial charge in [0.15, 0.2) is 0 Å². The maximum atomic E-state index is 12.0. The lowest BCUT2D eigenvalue weighted by Gasteiger charge is -2.24. The summed E-state index contributed by atoms with van der Waals surface area (Å²) in [6.07, 6.45) is 1.10. The van der Waals surface area contributed by atoms with Crippen LogP contribution in [0.5, 0.6) is 0 Å². The van der Waals surface area contributed by atoms with Crippen molar-refractivity contribution in [2.45, 2.75) is 32.3 Å². The molecule has 0 spiro atoms. The van der Waals surface area contributed by atoms with Crippen molar-refractivity contribution in [1.82, 2.24) is 10.3 Å². The normalized spacial score (nSPS) is 13.6. The summed E-state index contributed by atoms with van der Waals surface area (Å²) in [6.45, 7) is 3.80. The van der Waals surface area contributed by atoms with Crippen molar-refractivity contribution < 1.29 is 9.90 Å². The molecule has 2 N–H and O–H groups in total. The molecule has 1 aromatic heterocycles. The maximum Gasteiger partial charge on any atom is 0.226 e. The number of amides is 1. The fourth-order valence-electron chi connectivity index (χ4n) is 2.02. The Kier molecular flexibility index (Phi) is 5.56. The third-order valence-corrected chi connectivity index (χ3v) is 4.60. The molecule has 0 saturated carbocycles. The van der Waals surface area contributed by atoms with Gasteiger partial charge in [0.2, 0.25) is 5.91 Å². The van der Waals surface area contributed by atoms with Crippen molar-refractivity contribution in [2.75, 3.05) is 6.54 Å². The minimum Gasteiger partial charge on any atom is -0.384 e. The lowest BCUT2D eigenvalue weighted by Crippen LogP contribution is -2.39. The second kappa shape index (κ2) is 7.22. The van der Waals surface area contributed by atoms with E-state index in [4.69, 9.17) is 11.6 Å². The van der Waals surface area contributed by atoms with Crippen molar-refractivity contribution in [2.24, 2.45) is 0 Å². The van der Waals surface area contributed by atoms with Crippen molar-refractivity contribution in [3.63, 3.8) is 0 Å². The second-order valence-electron chi connectivity index (χ2n) is 5.32. The largest absolute Gasteiger partial charge is 0.384 e. The molecule has 0 unspecified atom stereocenters. The van der Waals surface area contributed by atoms with Gasteiger partial charge in [0.05, 0.1) is 23.7 Å². The highest BCUT2D eigenvalue weighted by atomic mass is 35.5. The summed E-state index contributed by atoms with van der Waals surface area (Å²) in [6, 6.07) is 7.00. The molecular formula is C16H19ClN2O2S. The van der Waals surface area contributed by atoms with Gasteiger partial charge in [-0.1, -0.05) is 30.7 Å². The molecule has 118 valence electrons. The number of carbonyl (C=O) groups excluding carboxylic acids is 1. The van der Waals surface area contributed by atoms with Crippen molar-refractivity contribution in [3.05, 3.63) is 50.9 Å². The predicted octanol–water partition coefficient (Wildman–Crippen LogP) is 2.93. The molecule has 1 amide bonds. The summed E-state index contributed by atoms with van der Waals surface area (Å²) in [5.74, 6) is -0.157. The fraction of sp³-hybridized carbons (Fsp3) is 0.375. The molecule has 0 bridgehead atoms. The maximum absolute atomic E-state index is 12.0. The number of thiazole rings is 1. The van der Waals surface area contributed by atoms with Crippen LogP contribution in [0.15, 0.2) is 29.6 Å². The Morgan fingerprint density at radius 1 is 1.50 bits per heavy atom. The van der Waals surface area contributed by atoms with E-state index in [-0.39, 0.29) is 18.9 Å². The van der Waals surface area contributed by atoms with Gasteiger partial charge in [0, 0.05) is 10.4 Å². The second-order valence-corrected chi connectivity index (χ2v) is 6.70. The molecule has 2 aromatic rings. The van der Waals surface area contributed by atoms with E-state index in [1.54, 1.807) is 42.5 Å². The van der Waals surface area contributed by atoms with Gasteiger partial charge in [-0.3, -0.25) is 4.79 Å². The molecule has 0 saturated heterocycles. The molecule has 4 nitrogen and oxygen atoms in total. The third kappa shape index (κ3) is 4.53. The first-order valence-electron chi connectivity index (χ1n) is 7.09. The first-order chi connectivity index (χ1) is 10.4. The van der Waals surface area contributed by atoms with Crippen LogP contribution < -0.4 is 5.32 Å². The highest BCUT2D eigenvalue weighted by molar-refractivity contribution is 7.09. The highest BCUT2D eigenvalue weighted by Crippen LogP contribution is 2.22. The zero-order valence-corrected chi connectivity index (χ0v) is 14.2. The molecule has 2 rings (SSSR count). The summed E-state index contributed by atoms with van der Waals surface area (Å²) < 4.78 is 0. The number of nitrogens with one attached hydrogen (secondary N) is 1. The molecule has 0 fully saturated rings. The summed E-state index contributed by atoms with van der Waals surface area (Å²) in [5.41, 5.74) is 0.265. The number of nitrogens with zero attached hydrogens (tertiary/aromatic N) is 1. The molecule has 1 atom stereocenters. The van der Waals surface area contributed by atoms with Crippen LogP contribution in [0.1, 0.15) is 30.1 Å². The summed E-state index contributed by atoms with van der Waals surface area (Å²) in [7, 11) is 0. The van der Waals surface area contributed by atoms with Gasteiger partial charge < -0.3 is 10.4 Å². The van der Waals surface area contributed by atoms with Gasteiger partial charge in [-0.15, -0.1) is 11.3 Å². The number of halogens is 1. The quantitative estimate of drug-likeness (QED) is 0.851. The van der Waals surface area contributed by atoms with E-state index in [0.717, 1.165) is 17.1 Å². The van der Waals surface area contributed by atoms with Crippen LogP contribution in [0.25, 0.3) is 0 Å². The Hall–Kier alpha value is -1.43. The van der Waals surface area contributed by atoms with Crippen LogP contribution in [0.4, 0.5) is 0 Å². The first-order valence-corrected chi connectivity index (χ1v) is 8.35. The smallest absolute Gasteiger partial charge is 0.226 e. The number of aliphatic hydroxyl groups is 1. The molecule has 0 aliphatic heterocycles. The van der Waals surface area contributed by atoms with E-state index in [2.05, 4.69) is 10.3 Å². The van der Waals surface area contributed by atoms with E-state index in [1.165, 1.54) is 0 Å². The van der Waals surface area contributed by atoms with E-state index in [0.29, 0.717) is 10.6 Å². The Bertz CT molecular complexity index is 655. The van der Waals surface area contributed by atoms with Crippen LogP contribution in [0.3, 0.4) is 0 Å². The van der Waals surface area contributed by atoms with Crippen LogP contribution in [-0.4, -0.2) is 22.5 Å². The first kappa shape index (κ1) is 16.9. The Morgan fingerprint density at radius 3 is 2.91 bits per heavy atom. The molecule has 0 aliphatic rings. The summed E-state index contributed by atoms with van der Waals surface area (Å²) in [5, 5.41) is 16.7. The molecule has 6 heteroatoms. The van der Waals surface area contributed by atoms with Crippen molar-refractivity contribution in [1.29, 1.82) is 0 Å². The average molecular weight is 339 g/mol. The number of hydrogen-bond donors (Lipinski definition) is 2. The Morgan fingerprint density at radius 2 is 2.27 bits per heavy atom. The van der Waals surface area contributed by atoms with Crippen molar-refractivity contribution >= 4 is 28.8 Å². The SMILES string of the molecule is CCc1nc(CC(=O)NC[C@@](C)(O)c2cccc(Cl)c2)cs1. The van der Waals surface area contributed by atoms with Crippen LogP contribution in [0, 0.1) is 0 Å². The zero-order valence-electron chi connectivity index (χ0n) is 12.6. The van der Waals surface area contributed by atoms with Gasteiger partial charge in [-0.2, -0.15) is 0 Å². The fourth-order valence-corrected chi connectivity index (χ4v) is 2.95. The van der Waals surface area contributed by atoms with Gasteiger partial charge in [-0.05, 0) is 31.0 Å². The zero-order chi connectivity index (χ0) is 16.2. The molecule has 1 heterocycles. The van der Waals surface area contributed by atoms with E-state index in [1.807, 2.05) is 12.3 Å². The van der Waals surface area contributed by atoms with Gasteiger partial charge in [0.25, 0.3) is 0 Å². The van der Waals surface area contributed by atoms with E-state index >= 15 is 0 Å². The summed E-state index contributed by atoms with van der Waals surface area (Å²) >= 11 is 7.49. The lowest BCUT2D eigenvalue weighted by atomic mass is 9.96. The number of rotatable bonds is 6. The topological polar surface area (TPSA) is 62.2 Å². The lowest BCUT2D eigenvalue weighted by molar-refractivity contribution is -0.121. The van der Waals surface area contributed by atoms with E-state index in [9.17, 15) is 9.90 Å². The molecule has 0 radical (unpaired) electrons. The standard InChI is InChI=1S/C16H19ClN2O2S/c1-3-15-19-13(9-22-15)8-14(20)18-10-16(2,21)11-5-4-6-12(17)7-11/h4-7,9,21H,3,8,10H2,1-2H3,(H,18,20)/t16-/m1/s1. The van der Waals surface area contributed by atoms with E-state index < -0.39 is 5.60 Å². The molecule has 22 heavy (non-hydrogen) atoms. The van der Waals surface area contributed by atoms with Crippen LogP contribution in [0.2, 0.25) is 5.02 Å². The number of aryl methyl sites for hydroxylation is 1. The molecule has 1 aromatic carbocycles. The number of aromatic nitrogens is 1. The number of benzene rings is 1.